The molecule has 1 aromatic carbocycles. The lowest BCUT2D eigenvalue weighted by Gasteiger charge is -2.24. The van der Waals surface area contributed by atoms with E-state index in [-0.39, 0.29) is 36.0 Å². The van der Waals surface area contributed by atoms with Crippen molar-refractivity contribution in [3.63, 3.8) is 0 Å². The Bertz CT molecular complexity index is 557. The fourth-order valence-electron chi connectivity index (χ4n) is 1.98. The van der Waals surface area contributed by atoms with E-state index >= 15 is 0 Å². The summed E-state index contributed by atoms with van der Waals surface area (Å²) in [6, 6.07) is 5.58. The molecule has 0 aromatic heterocycles. The first-order chi connectivity index (χ1) is 10.3. The molecular weight excluding hydrogens is 288 g/mol. The molecule has 7 heteroatoms. The zero-order valence-corrected chi connectivity index (χ0v) is 12.9. The maximum Gasteiger partial charge on any atom is 0.307 e. The highest BCUT2D eigenvalue weighted by molar-refractivity contribution is 5.95. The second kappa shape index (κ2) is 8.11. The summed E-state index contributed by atoms with van der Waals surface area (Å²) in [5.74, 6) is -0.526. The highest BCUT2D eigenvalue weighted by Crippen LogP contribution is 2.16. The van der Waals surface area contributed by atoms with E-state index < -0.39 is 10.9 Å². The van der Waals surface area contributed by atoms with Crippen molar-refractivity contribution in [3.8, 4) is 0 Å². The van der Waals surface area contributed by atoms with Gasteiger partial charge in [-0.1, -0.05) is 19.9 Å². The van der Waals surface area contributed by atoms with E-state index in [2.05, 4.69) is 4.74 Å². The molecule has 7 nitrogen and oxygen atoms in total. The summed E-state index contributed by atoms with van der Waals surface area (Å²) < 4.78 is 4.58. The number of benzene rings is 1. The Labute approximate surface area is 129 Å². The topological polar surface area (TPSA) is 89.8 Å². The van der Waals surface area contributed by atoms with Crippen LogP contribution in [0.25, 0.3) is 0 Å². The highest BCUT2D eigenvalue weighted by atomic mass is 16.6. The number of carbonyl (C=O) groups is 2. The molecule has 0 atom stereocenters. The van der Waals surface area contributed by atoms with Crippen molar-refractivity contribution in [3.05, 3.63) is 39.9 Å². The Morgan fingerprint density at radius 2 is 2.05 bits per heavy atom. The lowest BCUT2D eigenvalue weighted by Crippen LogP contribution is -2.36. The molecule has 0 aliphatic rings. The van der Waals surface area contributed by atoms with Gasteiger partial charge in [-0.15, -0.1) is 0 Å². The summed E-state index contributed by atoms with van der Waals surface area (Å²) in [4.78, 5) is 35.5. The van der Waals surface area contributed by atoms with E-state index in [4.69, 9.17) is 0 Å². The van der Waals surface area contributed by atoms with Crippen LogP contribution in [0.15, 0.2) is 24.3 Å². The van der Waals surface area contributed by atoms with Gasteiger partial charge >= 0.3 is 5.97 Å². The molecule has 0 saturated carbocycles. The first-order valence-electron chi connectivity index (χ1n) is 6.95. The van der Waals surface area contributed by atoms with Gasteiger partial charge in [0.2, 0.25) is 0 Å². The van der Waals surface area contributed by atoms with Crippen LogP contribution in [-0.2, 0) is 9.53 Å². The standard InChI is InChI=1S/C15H20N2O5/c1-11(2)10-16(8-7-14(18)22-3)15(19)12-5-4-6-13(9-12)17(20)21/h4-6,9,11H,7-8,10H2,1-3H3. The van der Waals surface area contributed by atoms with Gasteiger partial charge in [-0.05, 0) is 12.0 Å². The zero-order valence-electron chi connectivity index (χ0n) is 12.9. The molecular formula is C15H20N2O5. The molecule has 0 heterocycles. The molecule has 0 N–H and O–H groups in total. The highest BCUT2D eigenvalue weighted by Gasteiger charge is 2.20. The molecule has 120 valence electrons. The number of carbonyl (C=O) groups excluding carboxylic acids is 2. The predicted octanol–water partition coefficient (Wildman–Crippen LogP) is 2.26. The molecule has 1 rings (SSSR count). The Kier molecular flexibility index (Phi) is 6.49. The van der Waals surface area contributed by atoms with Crippen molar-refractivity contribution in [1.82, 2.24) is 4.90 Å². The fraction of sp³-hybridized carbons (Fsp3) is 0.467. The minimum absolute atomic E-state index is 0.0872. The van der Waals surface area contributed by atoms with E-state index in [1.807, 2.05) is 13.8 Å². The molecule has 0 spiro atoms. The van der Waals surface area contributed by atoms with E-state index in [0.717, 1.165) is 0 Å². The van der Waals surface area contributed by atoms with E-state index in [1.165, 1.54) is 36.3 Å². The molecule has 0 bridgehead atoms. The number of nitro benzene ring substituents is 1. The fourth-order valence-corrected chi connectivity index (χ4v) is 1.98. The van der Waals surface area contributed by atoms with Crippen LogP contribution in [0, 0.1) is 16.0 Å². The maximum absolute atomic E-state index is 12.5. The van der Waals surface area contributed by atoms with Gasteiger partial charge < -0.3 is 9.64 Å². The average molecular weight is 308 g/mol. The van der Waals surface area contributed by atoms with Crippen LogP contribution in [0.1, 0.15) is 30.6 Å². The Morgan fingerprint density at radius 1 is 1.36 bits per heavy atom. The first-order valence-corrected chi connectivity index (χ1v) is 6.95. The Morgan fingerprint density at radius 3 is 2.59 bits per heavy atom. The molecule has 0 fully saturated rings. The monoisotopic (exact) mass is 308 g/mol. The van der Waals surface area contributed by atoms with E-state index in [1.54, 1.807) is 0 Å². The molecule has 0 radical (unpaired) electrons. The van der Waals surface area contributed by atoms with Crippen LogP contribution in [0.5, 0.6) is 0 Å². The number of esters is 1. The number of nitrogens with zero attached hydrogens (tertiary/aromatic N) is 2. The third-order valence-electron chi connectivity index (χ3n) is 2.99. The van der Waals surface area contributed by atoms with E-state index in [9.17, 15) is 19.7 Å². The predicted molar refractivity (Wildman–Crippen MR) is 80.5 cm³/mol. The largest absolute Gasteiger partial charge is 0.469 e. The second-order valence-corrected chi connectivity index (χ2v) is 5.28. The summed E-state index contributed by atoms with van der Waals surface area (Å²) >= 11 is 0. The van der Waals surface area contributed by atoms with Gasteiger partial charge in [-0.2, -0.15) is 0 Å². The number of amides is 1. The van der Waals surface area contributed by atoms with Gasteiger partial charge in [0.15, 0.2) is 0 Å². The third-order valence-corrected chi connectivity index (χ3v) is 2.99. The molecule has 0 unspecified atom stereocenters. The number of non-ortho nitro benzene ring substituents is 1. The van der Waals surface area contributed by atoms with Crippen LogP contribution in [0.4, 0.5) is 5.69 Å². The van der Waals surface area contributed by atoms with Gasteiger partial charge in [-0.3, -0.25) is 19.7 Å². The van der Waals surface area contributed by atoms with Crippen LogP contribution in [0.3, 0.4) is 0 Å². The summed E-state index contributed by atoms with van der Waals surface area (Å²) in [6.07, 6.45) is 0.0872. The molecule has 1 amide bonds. The van der Waals surface area contributed by atoms with Gasteiger partial charge in [-0.25, -0.2) is 0 Å². The summed E-state index contributed by atoms with van der Waals surface area (Å²) in [7, 11) is 1.29. The van der Waals surface area contributed by atoms with Gasteiger partial charge in [0, 0.05) is 30.8 Å². The number of hydrogen-bond acceptors (Lipinski definition) is 5. The normalized spacial score (nSPS) is 10.4. The van der Waals surface area contributed by atoms with Crippen LogP contribution < -0.4 is 0 Å². The lowest BCUT2D eigenvalue weighted by molar-refractivity contribution is -0.384. The molecule has 0 saturated heterocycles. The minimum Gasteiger partial charge on any atom is -0.469 e. The summed E-state index contributed by atoms with van der Waals surface area (Å²) in [5, 5.41) is 10.8. The second-order valence-electron chi connectivity index (χ2n) is 5.28. The minimum atomic E-state index is -0.544. The smallest absolute Gasteiger partial charge is 0.307 e. The average Bonchev–Trinajstić information content (AvgIpc) is 2.50. The van der Waals surface area contributed by atoms with Gasteiger partial charge in [0.05, 0.1) is 18.5 Å². The maximum atomic E-state index is 12.5. The number of ether oxygens (including phenoxy) is 1. The molecule has 0 aliphatic carbocycles. The number of rotatable bonds is 7. The number of nitro groups is 1. The summed E-state index contributed by atoms with van der Waals surface area (Å²) in [6.45, 7) is 4.57. The van der Waals surface area contributed by atoms with Crippen LogP contribution in [-0.4, -0.2) is 41.9 Å². The Balaban J connectivity index is 2.92. The SMILES string of the molecule is COC(=O)CCN(CC(C)C)C(=O)c1cccc([N+](=O)[O-])c1. The lowest BCUT2D eigenvalue weighted by atomic mass is 10.1. The van der Waals surface area contributed by atoms with E-state index in [0.29, 0.717) is 6.54 Å². The molecule has 0 aliphatic heterocycles. The van der Waals surface area contributed by atoms with Crippen molar-refractivity contribution < 1.29 is 19.2 Å². The number of methoxy groups -OCH3 is 1. The Hall–Kier alpha value is -2.44. The van der Waals surface area contributed by atoms with Crippen molar-refractivity contribution >= 4 is 17.6 Å². The zero-order chi connectivity index (χ0) is 16.7. The van der Waals surface area contributed by atoms with Crippen LogP contribution >= 0.6 is 0 Å². The van der Waals surface area contributed by atoms with Gasteiger partial charge in [0.1, 0.15) is 0 Å². The first kappa shape index (κ1) is 17.6. The van der Waals surface area contributed by atoms with Crippen molar-refractivity contribution in [2.24, 2.45) is 5.92 Å². The molecule has 1 aromatic rings. The number of hydrogen-bond donors (Lipinski definition) is 0. The van der Waals surface area contributed by atoms with Crippen molar-refractivity contribution in [2.45, 2.75) is 20.3 Å². The quantitative estimate of drug-likeness (QED) is 0.438. The van der Waals surface area contributed by atoms with Crippen molar-refractivity contribution in [1.29, 1.82) is 0 Å². The van der Waals surface area contributed by atoms with Crippen LogP contribution in [0.2, 0.25) is 0 Å². The third kappa shape index (κ3) is 5.16. The van der Waals surface area contributed by atoms with Crippen molar-refractivity contribution in [2.75, 3.05) is 20.2 Å². The molecule has 22 heavy (non-hydrogen) atoms. The van der Waals surface area contributed by atoms with Gasteiger partial charge in [0.25, 0.3) is 11.6 Å². The summed E-state index contributed by atoms with van der Waals surface area (Å²) in [5.41, 5.74) is 0.100.